The van der Waals surface area contributed by atoms with Crippen molar-refractivity contribution in [1.29, 1.82) is 0 Å². The van der Waals surface area contributed by atoms with Gasteiger partial charge in [-0.1, -0.05) is 13.8 Å². The molecule has 0 N–H and O–H groups in total. The molecule has 0 spiro atoms. The molecule has 1 aliphatic heterocycles. The van der Waals surface area contributed by atoms with Crippen LogP contribution in [0, 0.1) is 5.92 Å². The van der Waals surface area contributed by atoms with Crippen LogP contribution in [0.3, 0.4) is 0 Å². The van der Waals surface area contributed by atoms with Gasteiger partial charge in [0.25, 0.3) is 0 Å². The average Bonchev–Trinajstić information content (AvgIpc) is 2.70. The normalized spacial score (nSPS) is 18.9. The van der Waals surface area contributed by atoms with E-state index < -0.39 is 0 Å². The molecule has 0 aliphatic carbocycles. The first kappa shape index (κ1) is 18.9. The largest absolute Gasteiger partial charge is 0.461 e. The number of hydrogen-bond donors (Lipinski definition) is 0. The van der Waals surface area contributed by atoms with Gasteiger partial charge in [0.05, 0.1) is 17.8 Å². The average molecular weight is 333 g/mol. The summed E-state index contributed by atoms with van der Waals surface area (Å²) in [6.45, 7) is 12.6. The molecule has 1 aromatic heterocycles. The highest BCUT2D eigenvalue weighted by Gasteiger charge is 2.50. The Balaban J connectivity index is 1.92. The summed E-state index contributed by atoms with van der Waals surface area (Å²) in [6.07, 6.45) is 3.13. The number of nitrogens with zero attached hydrogens (tertiary/aromatic N) is 1. The van der Waals surface area contributed by atoms with Crippen LogP contribution < -0.4 is 0 Å². The van der Waals surface area contributed by atoms with E-state index in [9.17, 15) is 4.79 Å². The number of carbonyl (C=O) groups is 1. The minimum Gasteiger partial charge on any atom is -0.461 e. The molecule has 0 amide bonds. The third kappa shape index (κ3) is 4.58. The van der Waals surface area contributed by atoms with Crippen molar-refractivity contribution in [3.8, 4) is 0 Å². The number of aromatic nitrogens is 1. The standard InChI is InChI=1S/C18H28BNO4/c1-13(2)12-22-16(21)15-11-14(8-10-20-15)7-9-19-23-17(3,4)18(5,6)24-19/h8,10-11,13H,7,9,12H2,1-6H3. The SMILES string of the molecule is CC(C)COC(=O)c1cc(CCB2OC(C)(C)C(C)(C)O2)ccn1. The number of ether oxygens (including phenoxy) is 1. The van der Waals surface area contributed by atoms with Crippen molar-refractivity contribution in [3.05, 3.63) is 29.6 Å². The fourth-order valence-corrected chi connectivity index (χ4v) is 2.43. The van der Waals surface area contributed by atoms with Crippen molar-refractivity contribution in [1.82, 2.24) is 4.98 Å². The van der Waals surface area contributed by atoms with Crippen molar-refractivity contribution in [2.24, 2.45) is 5.92 Å². The molecule has 0 unspecified atom stereocenters. The van der Waals surface area contributed by atoms with Gasteiger partial charge in [0.2, 0.25) is 0 Å². The molecule has 0 saturated carbocycles. The van der Waals surface area contributed by atoms with E-state index in [0.717, 1.165) is 18.3 Å². The Kier molecular flexibility index (Phi) is 5.71. The molecule has 1 fully saturated rings. The van der Waals surface area contributed by atoms with Crippen LogP contribution in [0.25, 0.3) is 0 Å². The van der Waals surface area contributed by atoms with E-state index in [4.69, 9.17) is 14.0 Å². The summed E-state index contributed by atoms with van der Waals surface area (Å²) in [4.78, 5) is 16.1. The number of aryl methyl sites for hydroxylation is 1. The summed E-state index contributed by atoms with van der Waals surface area (Å²) in [5, 5.41) is 0. The maximum absolute atomic E-state index is 12.0. The lowest BCUT2D eigenvalue weighted by Gasteiger charge is -2.32. The van der Waals surface area contributed by atoms with E-state index >= 15 is 0 Å². The molecule has 2 heterocycles. The number of rotatable bonds is 6. The van der Waals surface area contributed by atoms with Crippen LogP contribution in [0.2, 0.25) is 6.32 Å². The molecule has 0 bridgehead atoms. The molecular weight excluding hydrogens is 305 g/mol. The van der Waals surface area contributed by atoms with Gasteiger partial charge in [0.1, 0.15) is 5.69 Å². The first-order chi connectivity index (χ1) is 11.1. The topological polar surface area (TPSA) is 57.7 Å². The van der Waals surface area contributed by atoms with Gasteiger partial charge in [-0.25, -0.2) is 9.78 Å². The molecule has 2 rings (SSSR count). The Morgan fingerprint density at radius 1 is 1.25 bits per heavy atom. The van der Waals surface area contributed by atoms with Crippen molar-refractivity contribution in [2.45, 2.75) is 65.5 Å². The van der Waals surface area contributed by atoms with E-state index in [2.05, 4.69) is 4.98 Å². The highest BCUT2D eigenvalue weighted by Crippen LogP contribution is 2.37. The van der Waals surface area contributed by atoms with E-state index in [-0.39, 0.29) is 24.3 Å². The predicted octanol–water partition coefficient (Wildman–Crippen LogP) is 3.53. The summed E-state index contributed by atoms with van der Waals surface area (Å²) >= 11 is 0. The third-order valence-electron chi connectivity index (χ3n) is 4.55. The van der Waals surface area contributed by atoms with E-state index in [1.807, 2.05) is 47.6 Å². The molecule has 1 aliphatic rings. The predicted molar refractivity (Wildman–Crippen MR) is 94.0 cm³/mol. The minimum absolute atomic E-state index is 0.237. The van der Waals surface area contributed by atoms with Crippen LogP contribution in [0.5, 0.6) is 0 Å². The van der Waals surface area contributed by atoms with Gasteiger partial charge in [-0.3, -0.25) is 0 Å². The zero-order valence-electron chi connectivity index (χ0n) is 15.6. The smallest absolute Gasteiger partial charge is 0.458 e. The fourth-order valence-electron chi connectivity index (χ4n) is 2.43. The van der Waals surface area contributed by atoms with Gasteiger partial charge < -0.3 is 14.0 Å². The van der Waals surface area contributed by atoms with Gasteiger partial charge in [0.15, 0.2) is 0 Å². The quantitative estimate of drug-likeness (QED) is 0.589. The van der Waals surface area contributed by atoms with Crippen LogP contribution in [-0.2, 0) is 20.5 Å². The Bertz CT molecular complexity index is 570. The van der Waals surface area contributed by atoms with Crippen molar-refractivity contribution in [3.63, 3.8) is 0 Å². The number of hydrogen-bond acceptors (Lipinski definition) is 5. The lowest BCUT2D eigenvalue weighted by molar-refractivity contribution is 0.00578. The summed E-state index contributed by atoms with van der Waals surface area (Å²) in [5.41, 5.74) is 0.738. The van der Waals surface area contributed by atoms with Gasteiger partial charge in [0, 0.05) is 6.20 Å². The molecule has 1 saturated heterocycles. The summed E-state index contributed by atoms with van der Waals surface area (Å²) in [6, 6.07) is 3.69. The summed E-state index contributed by atoms with van der Waals surface area (Å²) in [7, 11) is -0.237. The zero-order valence-corrected chi connectivity index (χ0v) is 15.6. The molecule has 6 heteroatoms. The first-order valence-electron chi connectivity index (χ1n) is 8.58. The molecule has 0 radical (unpaired) electrons. The van der Waals surface area contributed by atoms with Crippen LogP contribution in [0.15, 0.2) is 18.3 Å². The Morgan fingerprint density at radius 2 is 1.88 bits per heavy atom. The van der Waals surface area contributed by atoms with Crippen molar-refractivity contribution in [2.75, 3.05) is 6.61 Å². The Labute approximate surface area is 145 Å². The van der Waals surface area contributed by atoms with E-state index in [1.165, 1.54) is 0 Å². The van der Waals surface area contributed by atoms with E-state index in [1.54, 1.807) is 12.3 Å². The van der Waals surface area contributed by atoms with Gasteiger partial charge in [-0.05, 0) is 64.1 Å². The van der Waals surface area contributed by atoms with Crippen molar-refractivity contribution >= 4 is 13.1 Å². The third-order valence-corrected chi connectivity index (χ3v) is 4.55. The molecule has 0 aromatic carbocycles. The highest BCUT2D eigenvalue weighted by atomic mass is 16.7. The van der Waals surface area contributed by atoms with Gasteiger partial charge >= 0.3 is 13.1 Å². The molecule has 24 heavy (non-hydrogen) atoms. The second-order valence-electron chi connectivity index (χ2n) is 7.77. The fraction of sp³-hybridized carbons (Fsp3) is 0.667. The van der Waals surface area contributed by atoms with Gasteiger partial charge in [-0.15, -0.1) is 0 Å². The maximum Gasteiger partial charge on any atom is 0.458 e. The minimum atomic E-state index is -0.374. The monoisotopic (exact) mass is 333 g/mol. The van der Waals surface area contributed by atoms with Crippen LogP contribution in [0.4, 0.5) is 0 Å². The summed E-state index contributed by atoms with van der Waals surface area (Å²) in [5.74, 6) is -0.0679. The number of pyridine rings is 1. The number of esters is 1. The molecule has 0 atom stereocenters. The highest BCUT2D eigenvalue weighted by molar-refractivity contribution is 6.45. The Hall–Kier alpha value is -1.40. The second-order valence-corrected chi connectivity index (χ2v) is 7.77. The lowest BCUT2D eigenvalue weighted by Crippen LogP contribution is -2.41. The second kappa shape index (κ2) is 7.24. The molecule has 132 valence electrons. The molecule has 5 nitrogen and oxygen atoms in total. The number of carbonyl (C=O) groups excluding carboxylic acids is 1. The maximum atomic E-state index is 12.0. The van der Waals surface area contributed by atoms with Crippen LogP contribution in [-0.4, -0.2) is 35.9 Å². The Morgan fingerprint density at radius 3 is 2.46 bits per heavy atom. The molecule has 1 aromatic rings. The first-order valence-corrected chi connectivity index (χ1v) is 8.58. The van der Waals surface area contributed by atoms with E-state index in [0.29, 0.717) is 18.2 Å². The molecular formula is C18H28BNO4. The summed E-state index contributed by atoms with van der Waals surface area (Å²) < 4.78 is 17.2. The van der Waals surface area contributed by atoms with Crippen LogP contribution >= 0.6 is 0 Å². The van der Waals surface area contributed by atoms with Crippen LogP contribution in [0.1, 0.15) is 57.6 Å². The van der Waals surface area contributed by atoms with Crippen molar-refractivity contribution < 1.29 is 18.8 Å². The zero-order chi connectivity index (χ0) is 18.0. The lowest BCUT2D eigenvalue weighted by atomic mass is 9.81. The van der Waals surface area contributed by atoms with Gasteiger partial charge in [-0.2, -0.15) is 0 Å².